The summed E-state index contributed by atoms with van der Waals surface area (Å²) in [5, 5.41) is 4.57. The van der Waals surface area contributed by atoms with E-state index in [0.717, 1.165) is 0 Å². The zero-order chi connectivity index (χ0) is 12.1. The molecule has 0 bridgehead atoms. The summed E-state index contributed by atoms with van der Waals surface area (Å²) in [6.45, 7) is 4.54. The lowest BCUT2D eigenvalue weighted by Crippen LogP contribution is -1.88. The van der Waals surface area contributed by atoms with Crippen LogP contribution in [0.25, 0.3) is 10.4 Å². The van der Waals surface area contributed by atoms with Gasteiger partial charge in [-0.1, -0.05) is 32.8 Å². The average molecular weight is 264 g/mol. The van der Waals surface area contributed by atoms with Crippen LogP contribution in [0.3, 0.4) is 0 Å². The molecular weight excluding hydrogens is 244 g/mol. The Hall–Kier alpha value is -0.600. The minimum atomic E-state index is 1.23. The van der Waals surface area contributed by atoms with Crippen molar-refractivity contribution in [3.63, 3.8) is 0 Å². The molecule has 0 saturated heterocycles. The highest BCUT2D eigenvalue weighted by atomic mass is 32.1. The topological polar surface area (TPSA) is 0 Å². The van der Waals surface area contributed by atoms with Crippen LogP contribution in [0, 0.1) is 0 Å². The average Bonchev–Trinajstić information content (AvgIpc) is 2.95. The standard InChI is InChI=1S/C15H20S2/c1-3-5-8-12-11-17-13(7-4-2)15(12)14-9-6-10-16-14/h6,9-11H,3-5,7-8H2,1-2H3. The van der Waals surface area contributed by atoms with Crippen LogP contribution in [0.2, 0.25) is 0 Å². The lowest BCUT2D eigenvalue weighted by Gasteiger charge is -2.05. The van der Waals surface area contributed by atoms with Crippen molar-refractivity contribution in [3.05, 3.63) is 33.3 Å². The zero-order valence-electron chi connectivity index (χ0n) is 10.7. The molecule has 2 heteroatoms. The maximum Gasteiger partial charge on any atom is 0.0356 e. The Morgan fingerprint density at radius 3 is 2.59 bits per heavy atom. The SMILES string of the molecule is CCCCc1csc(CCC)c1-c1cccs1. The van der Waals surface area contributed by atoms with Crippen LogP contribution in [0.1, 0.15) is 43.6 Å². The third-order valence-electron chi connectivity index (χ3n) is 2.99. The van der Waals surface area contributed by atoms with Crippen molar-refractivity contribution in [1.29, 1.82) is 0 Å². The molecule has 2 rings (SSSR count). The molecule has 0 aliphatic rings. The van der Waals surface area contributed by atoms with Crippen LogP contribution in [0.5, 0.6) is 0 Å². The quantitative estimate of drug-likeness (QED) is 0.621. The summed E-state index contributed by atoms with van der Waals surface area (Å²) in [5.74, 6) is 0. The van der Waals surface area contributed by atoms with Gasteiger partial charge in [-0.2, -0.15) is 0 Å². The van der Waals surface area contributed by atoms with E-state index in [4.69, 9.17) is 0 Å². The van der Waals surface area contributed by atoms with Gasteiger partial charge in [-0.05, 0) is 41.7 Å². The minimum Gasteiger partial charge on any atom is -0.148 e. The molecule has 0 aliphatic carbocycles. The first-order valence-corrected chi connectivity index (χ1v) is 8.25. The van der Waals surface area contributed by atoms with Crippen LogP contribution < -0.4 is 0 Å². The van der Waals surface area contributed by atoms with Gasteiger partial charge in [-0.15, -0.1) is 22.7 Å². The van der Waals surface area contributed by atoms with Crippen molar-refractivity contribution in [3.8, 4) is 10.4 Å². The zero-order valence-corrected chi connectivity index (χ0v) is 12.3. The van der Waals surface area contributed by atoms with Gasteiger partial charge >= 0.3 is 0 Å². The van der Waals surface area contributed by atoms with Gasteiger partial charge in [0.2, 0.25) is 0 Å². The molecule has 2 aromatic heterocycles. The number of hydrogen-bond donors (Lipinski definition) is 0. The minimum absolute atomic E-state index is 1.23. The van der Waals surface area contributed by atoms with Crippen molar-refractivity contribution in [1.82, 2.24) is 0 Å². The van der Waals surface area contributed by atoms with Gasteiger partial charge in [0, 0.05) is 15.3 Å². The van der Waals surface area contributed by atoms with E-state index in [9.17, 15) is 0 Å². The van der Waals surface area contributed by atoms with Gasteiger partial charge in [0.05, 0.1) is 0 Å². The Balaban J connectivity index is 2.33. The number of unbranched alkanes of at least 4 members (excludes halogenated alkanes) is 1. The molecule has 0 atom stereocenters. The fourth-order valence-corrected chi connectivity index (χ4v) is 4.22. The molecular formula is C15H20S2. The monoisotopic (exact) mass is 264 g/mol. The van der Waals surface area contributed by atoms with Crippen LogP contribution in [0.4, 0.5) is 0 Å². The molecule has 0 saturated carbocycles. The van der Waals surface area contributed by atoms with E-state index in [2.05, 4.69) is 36.7 Å². The smallest absolute Gasteiger partial charge is 0.0356 e. The number of rotatable bonds is 6. The third-order valence-corrected chi connectivity index (χ3v) is 4.97. The van der Waals surface area contributed by atoms with Crippen LogP contribution >= 0.6 is 22.7 Å². The lowest BCUT2D eigenvalue weighted by atomic mass is 10.0. The summed E-state index contributed by atoms with van der Waals surface area (Å²) >= 11 is 3.83. The van der Waals surface area contributed by atoms with Crippen LogP contribution in [-0.2, 0) is 12.8 Å². The molecule has 0 spiro atoms. The second-order valence-corrected chi connectivity index (χ2v) is 6.30. The molecule has 92 valence electrons. The summed E-state index contributed by atoms with van der Waals surface area (Å²) in [6, 6.07) is 4.43. The largest absolute Gasteiger partial charge is 0.148 e. The predicted molar refractivity (Wildman–Crippen MR) is 80.2 cm³/mol. The molecule has 0 aliphatic heterocycles. The molecule has 0 radical (unpaired) electrons. The highest BCUT2D eigenvalue weighted by molar-refractivity contribution is 7.15. The number of hydrogen-bond acceptors (Lipinski definition) is 2. The fourth-order valence-electron chi connectivity index (χ4n) is 2.12. The Bertz CT molecular complexity index is 437. The van der Waals surface area contributed by atoms with E-state index in [1.54, 1.807) is 16.0 Å². The Morgan fingerprint density at radius 1 is 1.06 bits per heavy atom. The van der Waals surface area contributed by atoms with E-state index in [0.29, 0.717) is 0 Å². The predicted octanol–water partition coefficient (Wildman–Crippen LogP) is 5.77. The van der Waals surface area contributed by atoms with Gasteiger partial charge in [-0.25, -0.2) is 0 Å². The van der Waals surface area contributed by atoms with Crippen molar-refractivity contribution >= 4 is 22.7 Å². The van der Waals surface area contributed by atoms with Crippen molar-refractivity contribution in [2.24, 2.45) is 0 Å². The van der Waals surface area contributed by atoms with E-state index in [-0.39, 0.29) is 0 Å². The Labute approximate surface area is 112 Å². The summed E-state index contributed by atoms with van der Waals surface area (Å²) in [5.41, 5.74) is 3.13. The lowest BCUT2D eigenvalue weighted by molar-refractivity contribution is 0.797. The van der Waals surface area contributed by atoms with Crippen molar-refractivity contribution < 1.29 is 0 Å². The van der Waals surface area contributed by atoms with Crippen molar-refractivity contribution in [2.45, 2.75) is 46.0 Å². The summed E-state index contributed by atoms with van der Waals surface area (Å²) in [7, 11) is 0. The number of aryl methyl sites for hydroxylation is 2. The highest BCUT2D eigenvalue weighted by Crippen LogP contribution is 2.37. The van der Waals surface area contributed by atoms with E-state index >= 15 is 0 Å². The molecule has 17 heavy (non-hydrogen) atoms. The second kappa shape index (κ2) is 6.36. The molecule has 0 amide bonds. The molecule has 0 fully saturated rings. The molecule has 0 N–H and O–H groups in total. The van der Waals surface area contributed by atoms with Gasteiger partial charge in [0.25, 0.3) is 0 Å². The van der Waals surface area contributed by atoms with Gasteiger partial charge in [0.1, 0.15) is 0 Å². The van der Waals surface area contributed by atoms with Gasteiger partial charge in [0.15, 0.2) is 0 Å². The van der Waals surface area contributed by atoms with E-state index < -0.39 is 0 Å². The highest BCUT2D eigenvalue weighted by Gasteiger charge is 2.13. The Kier molecular flexibility index (Phi) is 4.81. The molecule has 2 aromatic rings. The van der Waals surface area contributed by atoms with Crippen LogP contribution in [0.15, 0.2) is 22.9 Å². The summed E-state index contributed by atoms with van der Waals surface area (Å²) in [4.78, 5) is 3.04. The Morgan fingerprint density at radius 2 is 1.94 bits per heavy atom. The van der Waals surface area contributed by atoms with Gasteiger partial charge in [-0.3, -0.25) is 0 Å². The summed E-state index contributed by atoms with van der Waals surface area (Å²) in [6.07, 6.45) is 6.30. The van der Waals surface area contributed by atoms with Gasteiger partial charge < -0.3 is 0 Å². The second-order valence-electron chi connectivity index (χ2n) is 4.39. The summed E-state index contributed by atoms with van der Waals surface area (Å²) < 4.78 is 0. The molecule has 0 nitrogen and oxygen atoms in total. The first-order valence-electron chi connectivity index (χ1n) is 6.49. The molecule has 0 aromatic carbocycles. The van der Waals surface area contributed by atoms with Crippen molar-refractivity contribution in [2.75, 3.05) is 0 Å². The van der Waals surface area contributed by atoms with E-state index in [1.807, 2.05) is 22.7 Å². The third kappa shape index (κ3) is 2.99. The normalized spacial score (nSPS) is 10.9. The first-order chi connectivity index (χ1) is 8.36. The first kappa shape index (κ1) is 12.8. The number of thiophene rings is 2. The van der Waals surface area contributed by atoms with E-state index in [1.165, 1.54) is 37.0 Å². The molecule has 0 unspecified atom stereocenters. The maximum absolute atomic E-state index is 2.38. The van der Waals surface area contributed by atoms with Crippen LogP contribution in [-0.4, -0.2) is 0 Å². The fraction of sp³-hybridized carbons (Fsp3) is 0.467. The molecule has 2 heterocycles. The maximum atomic E-state index is 2.38.